The molecule has 2 aliphatic rings. The molecule has 0 N–H and O–H groups in total. The number of hydrogen-bond acceptors (Lipinski definition) is 2. The fraction of sp³-hybridized carbons (Fsp3) is 0.684. The first-order valence-corrected chi connectivity index (χ1v) is 13.8. The van der Waals surface area contributed by atoms with Gasteiger partial charge in [0.25, 0.3) is 0 Å². The summed E-state index contributed by atoms with van der Waals surface area (Å²) in [7, 11) is 8.49. The maximum atomic E-state index is 5.72. The molecule has 24 heavy (non-hydrogen) atoms. The van der Waals surface area contributed by atoms with E-state index in [1.54, 1.807) is 14.2 Å². The van der Waals surface area contributed by atoms with E-state index in [-0.39, 0.29) is 7.92 Å². The molecule has 0 amide bonds. The minimum absolute atomic E-state index is 0.0826. The predicted molar refractivity (Wildman–Crippen MR) is 102 cm³/mol. The van der Waals surface area contributed by atoms with Crippen molar-refractivity contribution in [1.29, 1.82) is 0 Å². The van der Waals surface area contributed by atoms with Gasteiger partial charge in [0, 0.05) is 11.4 Å². The molecule has 0 atom stereocenters. The molecule has 140 valence electrons. The Kier molecular flexibility index (Phi) is 9.43. The standard InChI is InChI=1S/C18H27O2P.CH3.ClH.Pd/c1-19-14-11-12-18(17(13-14)20-2)21(15-7-3-4-8-15)16-9-5-6-10-16;;;/h11-13,15-16H,3-10H2,1-2H3;1H3;1H;/q;;;+1/p-1. The van der Waals surface area contributed by atoms with Crippen LogP contribution < -0.4 is 14.8 Å². The van der Waals surface area contributed by atoms with Crippen molar-refractivity contribution in [2.45, 2.75) is 68.1 Å². The summed E-state index contributed by atoms with van der Waals surface area (Å²) in [6.45, 7) is 0. The molecular weight excluding hydrogens is 433 g/mol. The van der Waals surface area contributed by atoms with Crippen LogP contribution in [0.4, 0.5) is 0 Å². The first-order chi connectivity index (χ1) is 11.7. The van der Waals surface area contributed by atoms with Crippen LogP contribution >= 0.6 is 17.5 Å². The number of rotatable bonds is 5. The molecule has 2 aliphatic carbocycles. The van der Waals surface area contributed by atoms with Crippen molar-refractivity contribution in [3.8, 4) is 11.5 Å². The second kappa shape index (κ2) is 11.0. The van der Waals surface area contributed by atoms with Crippen molar-refractivity contribution in [1.82, 2.24) is 0 Å². The van der Waals surface area contributed by atoms with Gasteiger partial charge in [0.15, 0.2) is 0 Å². The van der Waals surface area contributed by atoms with Crippen molar-refractivity contribution >= 4 is 22.8 Å². The number of halogens is 1. The van der Waals surface area contributed by atoms with Gasteiger partial charge in [-0.25, -0.2) is 0 Å². The van der Waals surface area contributed by atoms with Crippen molar-refractivity contribution < 1.29 is 26.4 Å². The van der Waals surface area contributed by atoms with Crippen LogP contribution in [-0.2, 0) is 17.0 Å². The SMILES string of the molecule is COc1ccc(P(C2CCCC2)C2CCCC2)c(OC)c1.[CH3][Pd][Cl]. The average Bonchev–Trinajstić information content (AvgIpc) is 3.30. The fourth-order valence-corrected chi connectivity index (χ4v) is 7.94. The summed E-state index contributed by atoms with van der Waals surface area (Å²) >= 11 is 0.422. The molecule has 1 aromatic carbocycles. The van der Waals surface area contributed by atoms with Gasteiger partial charge >= 0.3 is 31.9 Å². The zero-order valence-electron chi connectivity index (χ0n) is 15.0. The van der Waals surface area contributed by atoms with Gasteiger partial charge in [-0.05, 0) is 49.1 Å². The molecular formula is C19H30ClO2PPd. The third-order valence-electron chi connectivity index (χ3n) is 5.10. The van der Waals surface area contributed by atoms with Gasteiger partial charge in [0.05, 0.1) is 14.2 Å². The number of benzene rings is 1. The van der Waals surface area contributed by atoms with Gasteiger partial charge in [0.1, 0.15) is 11.5 Å². The van der Waals surface area contributed by atoms with Crippen LogP contribution in [0.25, 0.3) is 0 Å². The summed E-state index contributed by atoms with van der Waals surface area (Å²) in [5.41, 5.74) is 1.84. The summed E-state index contributed by atoms with van der Waals surface area (Å²) < 4.78 is 11.1. The van der Waals surface area contributed by atoms with E-state index >= 15 is 0 Å². The van der Waals surface area contributed by atoms with Crippen molar-refractivity contribution in [2.75, 3.05) is 14.2 Å². The normalized spacial score (nSPS) is 18.7. The van der Waals surface area contributed by atoms with E-state index in [1.807, 2.05) is 5.40 Å². The van der Waals surface area contributed by atoms with E-state index in [9.17, 15) is 0 Å². The van der Waals surface area contributed by atoms with Gasteiger partial charge in [-0.1, -0.05) is 33.6 Å². The molecule has 2 saturated carbocycles. The monoisotopic (exact) mass is 462 g/mol. The average molecular weight is 463 g/mol. The second-order valence-electron chi connectivity index (χ2n) is 6.44. The first kappa shape index (κ1) is 20.5. The quantitative estimate of drug-likeness (QED) is 0.396. The minimum atomic E-state index is -0.0826. The van der Waals surface area contributed by atoms with Crippen LogP contribution in [-0.4, -0.2) is 25.5 Å². The topological polar surface area (TPSA) is 18.5 Å². The predicted octanol–water partition coefficient (Wildman–Crippen LogP) is 5.97. The Labute approximate surface area is 160 Å². The van der Waals surface area contributed by atoms with Crippen LogP contribution in [0.5, 0.6) is 11.5 Å². The van der Waals surface area contributed by atoms with Gasteiger partial charge in [-0.3, -0.25) is 0 Å². The third-order valence-corrected chi connectivity index (χ3v) is 8.63. The van der Waals surface area contributed by atoms with Crippen molar-refractivity contribution in [2.24, 2.45) is 0 Å². The molecule has 0 unspecified atom stereocenters. The molecule has 3 rings (SSSR count). The zero-order chi connectivity index (χ0) is 17.4. The molecule has 2 fully saturated rings. The Hall–Kier alpha value is 0.202. The van der Waals surface area contributed by atoms with Crippen LogP contribution in [0, 0.1) is 0 Å². The Balaban J connectivity index is 0.000000647. The van der Waals surface area contributed by atoms with E-state index in [4.69, 9.17) is 19.0 Å². The summed E-state index contributed by atoms with van der Waals surface area (Å²) in [5.74, 6) is 1.96. The number of methoxy groups -OCH3 is 2. The van der Waals surface area contributed by atoms with Crippen LogP contribution in [0.2, 0.25) is 5.40 Å². The summed E-state index contributed by atoms with van der Waals surface area (Å²) in [5, 5.41) is 3.43. The van der Waals surface area contributed by atoms with Crippen molar-refractivity contribution in [3.05, 3.63) is 18.2 Å². The van der Waals surface area contributed by atoms with E-state index in [2.05, 4.69) is 18.2 Å². The summed E-state index contributed by atoms with van der Waals surface area (Å²) in [6.07, 6.45) is 11.4. The van der Waals surface area contributed by atoms with Gasteiger partial charge < -0.3 is 9.47 Å². The Morgan fingerprint density at radius 2 is 1.46 bits per heavy atom. The van der Waals surface area contributed by atoms with Crippen LogP contribution in [0.3, 0.4) is 0 Å². The summed E-state index contributed by atoms with van der Waals surface area (Å²) in [4.78, 5) is 0. The van der Waals surface area contributed by atoms with Gasteiger partial charge in [-0.2, -0.15) is 0 Å². The molecule has 2 nitrogen and oxygen atoms in total. The van der Waals surface area contributed by atoms with E-state index in [1.165, 1.54) is 56.7 Å². The van der Waals surface area contributed by atoms with E-state index in [0.29, 0.717) is 17.0 Å². The van der Waals surface area contributed by atoms with Crippen molar-refractivity contribution in [3.63, 3.8) is 0 Å². The summed E-state index contributed by atoms with van der Waals surface area (Å²) in [6, 6.07) is 6.49. The molecule has 0 bridgehead atoms. The fourth-order valence-electron chi connectivity index (χ4n) is 4.05. The number of hydrogen-bond donors (Lipinski definition) is 0. The molecule has 0 aliphatic heterocycles. The Bertz CT molecular complexity index is 472. The van der Waals surface area contributed by atoms with Gasteiger partial charge in [-0.15, -0.1) is 0 Å². The Morgan fingerprint density at radius 1 is 0.958 bits per heavy atom. The molecule has 0 aromatic heterocycles. The molecule has 0 heterocycles. The maximum absolute atomic E-state index is 5.72. The van der Waals surface area contributed by atoms with Crippen LogP contribution in [0.1, 0.15) is 51.4 Å². The Morgan fingerprint density at radius 3 is 1.88 bits per heavy atom. The molecule has 5 heteroatoms. The van der Waals surface area contributed by atoms with Gasteiger partial charge in [0.2, 0.25) is 0 Å². The zero-order valence-corrected chi connectivity index (χ0v) is 18.2. The molecule has 0 saturated heterocycles. The molecule has 1 aromatic rings. The third kappa shape index (κ3) is 5.35. The second-order valence-corrected chi connectivity index (χ2v) is 11.2. The van der Waals surface area contributed by atoms with Crippen LogP contribution in [0.15, 0.2) is 18.2 Å². The molecule has 0 spiro atoms. The first-order valence-electron chi connectivity index (χ1n) is 8.77. The van der Waals surface area contributed by atoms with E-state index < -0.39 is 0 Å². The number of ether oxygens (including phenoxy) is 2. The van der Waals surface area contributed by atoms with E-state index in [0.717, 1.165) is 22.8 Å². The molecule has 0 radical (unpaired) electrons.